The Morgan fingerprint density at radius 1 is 1.09 bits per heavy atom. The summed E-state index contributed by atoms with van der Waals surface area (Å²) in [5.41, 5.74) is 2.63. The van der Waals surface area contributed by atoms with Crippen LogP contribution in [0.2, 0.25) is 0 Å². The van der Waals surface area contributed by atoms with E-state index in [0.717, 1.165) is 11.1 Å². The van der Waals surface area contributed by atoms with Crippen LogP contribution < -0.4 is 5.32 Å². The van der Waals surface area contributed by atoms with E-state index in [0.29, 0.717) is 22.1 Å². The van der Waals surface area contributed by atoms with Gasteiger partial charge in [-0.3, -0.25) is 10.1 Å². The Bertz CT molecular complexity index is 1410. The van der Waals surface area contributed by atoms with Gasteiger partial charge in [0.05, 0.1) is 5.56 Å². The fourth-order valence-corrected chi connectivity index (χ4v) is 3.84. The number of furan rings is 1. The van der Waals surface area contributed by atoms with Crippen LogP contribution in [0.25, 0.3) is 28.0 Å². The highest BCUT2D eigenvalue weighted by Gasteiger charge is 2.15. The van der Waals surface area contributed by atoms with Crippen molar-refractivity contribution in [1.29, 1.82) is 5.26 Å². The van der Waals surface area contributed by atoms with Crippen LogP contribution in [0.4, 0.5) is 5.13 Å². The van der Waals surface area contributed by atoms with Crippen LogP contribution >= 0.6 is 11.3 Å². The molecular formula is C24H16N4O4S. The first-order valence-electron chi connectivity index (χ1n) is 9.71. The van der Waals surface area contributed by atoms with Crippen molar-refractivity contribution in [3.8, 4) is 28.0 Å². The number of nitrogens with zero attached hydrogens (tertiary/aromatic N) is 3. The Morgan fingerprint density at radius 2 is 1.85 bits per heavy atom. The summed E-state index contributed by atoms with van der Waals surface area (Å²) < 4.78 is 5.70. The molecule has 2 N–H and O–H groups in total. The number of carboxylic acids is 1. The Hall–Kier alpha value is -4.55. The lowest BCUT2D eigenvalue weighted by Crippen LogP contribution is -2.13. The number of nitriles is 1. The number of carbonyl (C=O) groups excluding carboxylic acids is 1. The van der Waals surface area contributed by atoms with Crippen LogP contribution in [-0.2, 0) is 4.79 Å². The molecule has 162 valence electrons. The first-order valence-corrected chi connectivity index (χ1v) is 10.5. The van der Waals surface area contributed by atoms with Gasteiger partial charge in [-0.05, 0) is 36.8 Å². The van der Waals surface area contributed by atoms with Crippen LogP contribution in [0.3, 0.4) is 0 Å². The third kappa shape index (κ3) is 4.87. The fraction of sp³-hybridized carbons (Fsp3) is 0.0417. The van der Waals surface area contributed by atoms with E-state index in [1.807, 2.05) is 37.3 Å². The molecule has 0 radical (unpaired) electrons. The van der Waals surface area contributed by atoms with E-state index in [2.05, 4.69) is 15.5 Å². The maximum absolute atomic E-state index is 12.6. The Labute approximate surface area is 192 Å². The molecule has 0 saturated carbocycles. The zero-order valence-corrected chi connectivity index (χ0v) is 18.1. The minimum atomic E-state index is -1.02. The summed E-state index contributed by atoms with van der Waals surface area (Å²) in [6.45, 7) is 1.96. The van der Waals surface area contributed by atoms with E-state index in [9.17, 15) is 14.9 Å². The highest BCUT2D eigenvalue weighted by atomic mass is 32.1. The van der Waals surface area contributed by atoms with Crippen molar-refractivity contribution in [3.63, 3.8) is 0 Å². The predicted molar refractivity (Wildman–Crippen MR) is 123 cm³/mol. The number of carboxylic acid groups (broad SMARTS) is 1. The Balaban J connectivity index is 1.49. The molecule has 1 amide bonds. The number of anilines is 1. The van der Waals surface area contributed by atoms with E-state index in [-0.39, 0.29) is 16.3 Å². The highest BCUT2D eigenvalue weighted by Crippen LogP contribution is 2.29. The van der Waals surface area contributed by atoms with Crippen molar-refractivity contribution in [2.75, 3.05) is 5.32 Å². The summed E-state index contributed by atoms with van der Waals surface area (Å²) in [6, 6.07) is 19.1. The molecule has 0 saturated heterocycles. The number of hydrogen-bond acceptors (Lipinski definition) is 7. The molecule has 0 atom stereocenters. The summed E-state index contributed by atoms with van der Waals surface area (Å²) >= 11 is 1.21. The second-order valence-electron chi connectivity index (χ2n) is 6.94. The van der Waals surface area contributed by atoms with Gasteiger partial charge in [0, 0.05) is 17.2 Å². The molecule has 2 aromatic heterocycles. The van der Waals surface area contributed by atoms with E-state index < -0.39 is 11.9 Å². The second-order valence-corrected chi connectivity index (χ2v) is 7.91. The number of benzene rings is 2. The van der Waals surface area contributed by atoms with Gasteiger partial charge in [-0.25, -0.2) is 4.79 Å². The van der Waals surface area contributed by atoms with Crippen LogP contribution in [-0.4, -0.2) is 27.2 Å². The molecule has 0 fully saturated rings. The number of nitrogens with one attached hydrogen (secondary N) is 1. The van der Waals surface area contributed by atoms with Crippen molar-refractivity contribution in [2.45, 2.75) is 6.92 Å². The second kappa shape index (κ2) is 9.30. The molecule has 0 aliphatic rings. The third-order valence-electron chi connectivity index (χ3n) is 4.72. The Morgan fingerprint density at radius 3 is 2.55 bits per heavy atom. The highest BCUT2D eigenvalue weighted by molar-refractivity contribution is 7.18. The van der Waals surface area contributed by atoms with E-state index in [1.54, 1.807) is 24.3 Å². The zero-order valence-electron chi connectivity index (χ0n) is 17.3. The molecule has 8 nitrogen and oxygen atoms in total. The number of rotatable bonds is 6. The number of aryl methyl sites for hydroxylation is 1. The van der Waals surface area contributed by atoms with Gasteiger partial charge in [-0.1, -0.05) is 47.7 Å². The molecule has 9 heteroatoms. The monoisotopic (exact) mass is 456 g/mol. The van der Waals surface area contributed by atoms with Gasteiger partial charge in [0.15, 0.2) is 0 Å². The number of aromatic nitrogens is 2. The smallest absolute Gasteiger partial charge is 0.335 e. The standard InChI is InChI=1S/C24H16N4O4S/c1-14-4-2-3-5-19(14)22-27-28-24(33-22)26-21(29)17(13-25)12-18-10-11-20(32-18)15-6-8-16(9-7-15)23(30)31/h2-12H,1H3,(H,30,31)(H,26,28,29)/b17-12-. The molecule has 0 aliphatic heterocycles. The lowest BCUT2D eigenvalue weighted by atomic mass is 10.1. The average Bonchev–Trinajstić information content (AvgIpc) is 3.47. The normalized spacial score (nSPS) is 11.1. The van der Waals surface area contributed by atoms with Crippen LogP contribution in [0.15, 0.2) is 70.7 Å². The summed E-state index contributed by atoms with van der Waals surface area (Å²) in [6.07, 6.45) is 1.33. The van der Waals surface area contributed by atoms with Crippen LogP contribution in [0.1, 0.15) is 21.7 Å². The topological polar surface area (TPSA) is 129 Å². The maximum atomic E-state index is 12.6. The number of aromatic carboxylic acids is 1. The number of carbonyl (C=O) groups is 2. The lowest BCUT2D eigenvalue weighted by molar-refractivity contribution is -0.112. The SMILES string of the molecule is Cc1ccccc1-c1nnc(NC(=O)/C(C#N)=C\c2ccc(-c3ccc(C(=O)O)cc3)o2)s1. The number of hydrogen-bond donors (Lipinski definition) is 2. The van der Waals surface area contributed by atoms with Gasteiger partial charge in [0.25, 0.3) is 5.91 Å². The molecule has 0 bridgehead atoms. The van der Waals surface area contributed by atoms with Gasteiger partial charge < -0.3 is 9.52 Å². The van der Waals surface area contributed by atoms with Crippen LogP contribution in [0, 0.1) is 18.3 Å². The summed E-state index contributed by atoms with van der Waals surface area (Å²) in [5, 5.41) is 30.1. The van der Waals surface area contributed by atoms with Gasteiger partial charge >= 0.3 is 5.97 Å². The van der Waals surface area contributed by atoms with Gasteiger partial charge in [-0.15, -0.1) is 10.2 Å². The summed E-state index contributed by atoms with van der Waals surface area (Å²) in [5.74, 6) is -0.871. The molecule has 4 rings (SSSR count). The maximum Gasteiger partial charge on any atom is 0.335 e. The van der Waals surface area contributed by atoms with E-state index in [4.69, 9.17) is 9.52 Å². The third-order valence-corrected chi connectivity index (χ3v) is 5.59. The minimum absolute atomic E-state index is 0.162. The first kappa shape index (κ1) is 21.7. The molecule has 2 heterocycles. The van der Waals surface area contributed by atoms with Crippen molar-refractivity contribution in [1.82, 2.24) is 10.2 Å². The van der Waals surface area contributed by atoms with Crippen molar-refractivity contribution >= 4 is 34.4 Å². The molecule has 0 spiro atoms. The largest absolute Gasteiger partial charge is 0.478 e. The van der Waals surface area contributed by atoms with Crippen molar-refractivity contribution in [3.05, 3.63) is 83.1 Å². The van der Waals surface area contributed by atoms with Crippen molar-refractivity contribution < 1.29 is 19.1 Å². The Kier molecular flexibility index (Phi) is 6.11. The fourth-order valence-electron chi connectivity index (χ4n) is 3.01. The van der Waals surface area contributed by atoms with E-state index in [1.165, 1.54) is 29.5 Å². The molecular weight excluding hydrogens is 440 g/mol. The van der Waals surface area contributed by atoms with Gasteiger partial charge in [-0.2, -0.15) is 5.26 Å². The molecule has 4 aromatic rings. The predicted octanol–water partition coefficient (Wildman–Crippen LogP) is 5.02. The van der Waals surface area contributed by atoms with Gasteiger partial charge in [0.1, 0.15) is 28.2 Å². The molecule has 2 aromatic carbocycles. The zero-order chi connectivity index (χ0) is 23.4. The first-order chi connectivity index (χ1) is 15.9. The lowest BCUT2D eigenvalue weighted by Gasteiger charge is -2.00. The molecule has 0 unspecified atom stereocenters. The van der Waals surface area contributed by atoms with E-state index >= 15 is 0 Å². The molecule has 0 aliphatic carbocycles. The average molecular weight is 456 g/mol. The number of amides is 1. The quantitative estimate of drug-likeness (QED) is 0.308. The van der Waals surface area contributed by atoms with Gasteiger partial charge in [0.2, 0.25) is 5.13 Å². The van der Waals surface area contributed by atoms with Crippen LogP contribution in [0.5, 0.6) is 0 Å². The summed E-state index contributed by atoms with van der Waals surface area (Å²) in [4.78, 5) is 23.6. The van der Waals surface area contributed by atoms with Crippen molar-refractivity contribution in [2.24, 2.45) is 0 Å². The summed E-state index contributed by atoms with van der Waals surface area (Å²) in [7, 11) is 0. The molecule has 33 heavy (non-hydrogen) atoms. The minimum Gasteiger partial charge on any atom is -0.478 e.